The standard InChI is InChI=1S/C8H10N2O4.ClH/c9-5-8(11)14-7-3-1-6(2-4-7)10(12)13;/h1-4,8,11H,5,9H2;1H. The van der Waals surface area contributed by atoms with Gasteiger partial charge in [0.05, 0.1) is 11.5 Å². The zero-order valence-electron chi connectivity index (χ0n) is 7.70. The van der Waals surface area contributed by atoms with E-state index in [9.17, 15) is 10.1 Å². The van der Waals surface area contributed by atoms with E-state index in [0.717, 1.165) is 0 Å². The number of benzene rings is 1. The first-order chi connectivity index (χ1) is 6.63. The van der Waals surface area contributed by atoms with Crippen molar-refractivity contribution < 1.29 is 14.8 Å². The molecule has 84 valence electrons. The molecule has 1 rings (SSSR count). The largest absolute Gasteiger partial charge is 0.464 e. The zero-order valence-corrected chi connectivity index (χ0v) is 8.52. The van der Waals surface area contributed by atoms with Gasteiger partial charge in [-0.25, -0.2) is 0 Å². The van der Waals surface area contributed by atoms with Crippen LogP contribution in [0.25, 0.3) is 0 Å². The lowest BCUT2D eigenvalue weighted by Gasteiger charge is -2.10. The number of hydrogen-bond donors (Lipinski definition) is 2. The van der Waals surface area contributed by atoms with Crippen LogP contribution in [0, 0.1) is 10.1 Å². The summed E-state index contributed by atoms with van der Waals surface area (Å²) in [7, 11) is 0. The number of rotatable bonds is 4. The molecule has 0 saturated heterocycles. The molecule has 0 aliphatic rings. The van der Waals surface area contributed by atoms with E-state index in [2.05, 4.69) is 0 Å². The van der Waals surface area contributed by atoms with Gasteiger partial charge in [-0.3, -0.25) is 10.1 Å². The molecule has 3 N–H and O–H groups in total. The average Bonchev–Trinajstić information content (AvgIpc) is 2.18. The van der Waals surface area contributed by atoms with Crippen molar-refractivity contribution in [3.8, 4) is 5.75 Å². The van der Waals surface area contributed by atoms with Crippen LogP contribution >= 0.6 is 12.4 Å². The van der Waals surface area contributed by atoms with Gasteiger partial charge in [0.2, 0.25) is 6.29 Å². The number of aliphatic hydroxyl groups is 1. The first-order valence-electron chi connectivity index (χ1n) is 3.92. The fraction of sp³-hybridized carbons (Fsp3) is 0.250. The highest BCUT2D eigenvalue weighted by molar-refractivity contribution is 5.85. The Labute approximate surface area is 92.2 Å². The molecule has 0 aromatic heterocycles. The van der Waals surface area contributed by atoms with Crippen molar-refractivity contribution in [3.63, 3.8) is 0 Å². The minimum Gasteiger partial charge on any atom is -0.464 e. The van der Waals surface area contributed by atoms with Crippen molar-refractivity contribution >= 4 is 18.1 Å². The van der Waals surface area contributed by atoms with Crippen molar-refractivity contribution in [2.24, 2.45) is 5.73 Å². The lowest BCUT2D eigenvalue weighted by Crippen LogP contribution is -2.25. The van der Waals surface area contributed by atoms with Gasteiger partial charge in [-0.2, -0.15) is 0 Å². The van der Waals surface area contributed by atoms with E-state index in [0.29, 0.717) is 5.75 Å². The summed E-state index contributed by atoms with van der Waals surface area (Å²) in [6.45, 7) is -0.0308. The molecular weight excluding hydrogens is 224 g/mol. The van der Waals surface area contributed by atoms with E-state index in [1.807, 2.05) is 0 Å². The zero-order chi connectivity index (χ0) is 10.6. The maximum absolute atomic E-state index is 10.3. The summed E-state index contributed by atoms with van der Waals surface area (Å²) in [4.78, 5) is 9.78. The molecule has 0 spiro atoms. The number of nitro groups is 1. The lowest BCUT2D eigenvalue weighted by molar-refractivity contribution is -0.384. The summed E-state index contributed by atoms with van der Waals surface area (Å²) >= 11 is 0. The molecule has 1 unspecified atom stereocenters. The Hall–Kier alpha value is -1.37. The fourth-order valence-electron chi connectivity index (χ4n) is 0.852. The van der Waals surface area contributed by atoms with Crippen molar-refractivity contribution in [3.05, 3.63) is 34.4 Å². The predicted molar refractivity (Wildman–Crippen MR) is 56.0 cm³/mol. The number of halogens is 1. The van der Waals surface area contributed by atoms with E-state index < -0.39 is 11.2 Å². The fourth-order valence-corrected chi connectivity index (χ4v) is 0.852. The van der Waals surface area contributed by atoms with E-state index in [1.165, 1.54) is 24.3 Å². The van der Waals surface area contributed by atoms with Gasteiger partial charge in [-0.15, -0.1) is 12.4 Å². The molecule has 0 bridgehead atoms. The number of nitro benzene ring substituents is 1. The van der Waals surface area contributed by atoms with E-state index in [1.54, 1.807) is 0 Å². The molecule has 1 aromatic carbocycles. The van der Waals surface area contributed by atoms with Crippen LogP contribution in [0.4, 0.5) is 5.69 Å². The second-order valence-electron chi connectivity index (χ2n) is 2.56. The molecule has 0 heterocycles. The maximum atomic E-state index is 10.3. The van der Waals surface area contributed by atoms with E-state index in [-0.39, 0.29) is 24.6 Å². The van der Waals surface area contributed by atoms with Gasteiger partial charge in [0, 0.05) is 12.1 Å². The third kappa shape index (κ3) is 4.11. The molecule has 0 saturated carbocycles. The maximum Gasteiger partial charge on any atom is 0.269 e. The Morgan fingerprint density at radius 1 is 1.47 bits per heavy atom. The van der Waals surface area contributed by atoms with Gasteiger partial charge < -0.3 is 15.6 Å². The third-order valence-electron chi connectivity index (χ3n) is 1.52. The molecule has 0 aliphatic heterocycles. The van der Waals surface area contributed by atoms with Crippen LogP contribution in [0.2, 0.25) is 0 Å². The number of nitrogens with zero attached hydrogens (tertiary/aromatic N) is 1. The summed E-state index contributed by atoms with van der Waals surface area (Å²) < 4.78 is 4.91. The van der Waals surface area contributed by atoms with Crippen molar-refractivity contribution in [1.82, 2.24) is 0 Å². The topological polar surface area (TPSA) is 98.6 Å². The Morgan fingerprint density at radius 3 is 2.40 bits per heavy atom. The highest BCUT2D eigenvalue weighted by atomic mass is 35.5. The number of nitrogens with two attached hydrogens (primary N) is 1. The van der Waals surface area contributed by atoms with Crippen LogP contribution in [0.3, 0.4) is 0 Å². The lowest BCUT2D eigenvalue weighted by atomic mass is 10.3. The minimum atomic E-state index is -1.09. The summed E-state index contributed by atoms with van der Waals surface area (Å²) in [6.07, 6.45) is -1.09. The summed E-state index contributed by atoms with van der Waals surface area (Å²) in [5.74, 6) is 0.341. The van der Waals surface area contributed by atoms with Crippen LogP contribution in [0.1, 0.15) is 0 Å². The Bertz CT molecular complexity index is 317. The average molecular weight is 235 g/mol. The molecule has 7 heteroatoms. The first-order valence-corrected chi connectivity index (χ1v) is 3.92. The quantitative estimate of drug-likeness (QED) is 0.453. The second kappa shape index (κ2) is 6.18. The summed E-state index contributed by atoms with van der Waals surface area (Å²) in [5.41, 5.74) is 5.09. The smallest absolute Gasteiger partial charge is 0.269 e. The van der Waals surface area contributed by atoms with Gasteiger partial charge in [-0.1, -0.05) is 0 Å². The van der Waals surface area contributed by atoms with Crippen LogP contribution in [-0.4, -0.2) is 22.9 Å². The first kappa shape index (κ1) is 13.6. The van der Waals surface area contributed by atoms with Crippen molar-refractivity contribution in [1.29, 1.82) is 0 Å². The Balaban J connectivity index is 0.00000196. The summed E-state index contributed by atoms with van der Waals surface area (Å²) in [6, 6.07) is 5.38. The number of non-ortho nitro benzene ring substituents is 1. The normalized spacial score (nSPS) is 11.3. The van der Waals surface area contributed by atoms with Crippen LogP contribution in [0.5, 0.6) is 5.75 Å². The number of hydrogen-bond acceptors (Lipinski definition) is 5. The molecular formula is C8H11ClN2O4. The molecule has 0 amide bonds. The number of aliphatic hydroxyl groups excluding tert-OH is 1. The molecule has 6 nitrogen and oxygen atoms in total. The summed E-state index contributed by atoms with van der Waals surface area (Å²) in [5, 5.41) is 19.3. The molecule has 1 atom stereocenters. The number of ether oxygens (including phenoxy) is 1. The van der Waals surface area contributed by atoms with Gasteiger partial charge in [0.15, 0.2) is 0 Å². The highest BCUT2D eigenvalue weighted by Crippen LogP contribution is 2.17. The second-order valence-corrected chi connectivity index (χ2v) is 2.56. The SMILES string of the molecule is Cl.NCC(O)Oc1ccc([N+](=O)[O-])cc1. The molecule has 1 aromatic rings. The molecule has 0 fully saturated rings. The van der Waals surface area contributed by atoms with Gasteiger partial charge in [0.1, 0.15) is 5.75 Å². The third-order valence-corrected chi connectivity index (χ3v) is 1.52. The Kier molecular flexibility index (Phi) is 5.61. The van der Waals surface area contributed by atoms with Gasteiger partial charge in [-0.05, 0) is 12.1 Å². The molecule has 0 radical (unpaired) electrons. The van der Waals surface area contributed by atoms with E-state index in [4.69, 9.17) is 15.6 Å². The van der Waals surface area contributed by atoms with Gasteiger partial charge >= 0.3 is 0 Å². The van der Waals surface area contributed by atoms with Crippen LogP contribution < -0.4 is 10.5 Å². The van der Waals surface area contributed by atoms with Crippen molar-refractivity contribution in [2.45, 2.75) is 6.29 Å². The van der Waals surface area contributed by atoms with E-state index >= 15 is 0 Å². The monoisotopic (exact) mass is 234 g/mol. The molecule has 0 aliphatic carbocycles. The van der Waals surface area contributed by atoms with Crippen LogP contribution in [-0.2, 0) is 0 Å². The van der Waals surface area contributed by atoms with Gasteiger partial charge in [0.25, 0.3) is 5.69 Å². The Morgan fingerprint density at radius 2 is 2.00 bits per heavy atom. The molecule has 15 heavy (non-hydrogen) atoms. The highest BCUT2D eigenvalue weighted by Gasteiger charge is 2.06. The minimum absolute atomic E-state index is 0. The van der Waals surface area contributed by atoms with Crippen LogP contribution in [0.15, 0.2) is 24.3 Å². The van der Waals surface area contributed by atoms with Crippen molar-refractivity contribution in [2.75, 3.05) is 6.54 Å². The predicted octanol–water partition coefficient (Wildman–Crippen LogP) is 0.672.